The molecule has 2 atom stereocenters. The van der Waals surface area contributed by atoms with Crippen molar-refractivity contribution in [1.29, 1.82) is 0 Å². The molecule has 1 aliphatic carbocycles. The highest BCUT2D eigenvalue weighted by Gasteiger charge is 2.31. The zero-order valence-corrected chi connectivity index (χ0v) is 10.4. The highest BCUT2D eigenvalue weighted by Crippen LogP contribution is 2.42. The summed E-state index contributed by atoms with van der Waals surface area (Å²) in [6, 6.07) is 0. The largest absolute Gasteiger partial charge is 0.0654 e. The van der Waals surface area contributed by atoms with Crippen molar-refractivity contribution in [2.45, 2.75) is 72.1 Å². The lowest BCUT2D eigenvalue weighted by Gasteiger charge is -2.39. The zero-order valence-electron chi connectivity index (χ0n) is 10.4. The Morgan fingerprint density at radius 2 is 1.71 bits per heavy atom. The van der Waals surface area contributed by atoms with Crippen molar-refractivity contribution in [3.05, 3.63) is 0 Å². The van der Waals surface area contributed by atoms with Gasteiger partial charge >= 0.3 is 0 Å². The van der Waals surface area contributed by atoms with E-state index in [1.807, 2.05) is 0 Å². The summed E-state index contributed by atoms with van der Waals surface area (Å²) in [5, 5.41) is 0. The number of hydrogen-bond donors (Lipinski definition) is 0. The minimum atomic E-state index is 0.935. The van der Waals surface area contributed by atoms with Crippen LogP contribution in [0, 0.1) is 17.8 Å². The molecule has 0 spiro atoms. The molecule has 1 fully saturated rings. The lowest BCUT2D eigenvalue weighted by Crippen LogP contribution is -2.29. The minimum Gasteiger partial charge on any atom is -0.0654 e. The SMILES string of the molecule is CCCCCCCC1CCC1C(C)C. The molecule has 1 rings (SSSR count). The van der Waals surface area contributed by atoms with Gasteiger partial charge in [0.2, 0.25) is 0 Å². The zero-order chi connectivity index (χ0) is 10.4. The van der Waals surface area contributed by atoms with Crippen LogP contribution in [-0.2, 0) is 0 Å². The molecule has 0 radical (unpaired) electrons. The third-order valence-electron chi connectivity index (χ3n) is 4.01. The van der Waals surface area contributed by atoms with E-state index in [-0.39, 0.29) is 0 Å². The van der Waals surface area contributed by atoms with Crippen molar-refractivity contribution >= 4 is 0 Å². The van der Waals surface area contributed by atoms with Crippen LogP contribution in [0.3, 0.4) is 0 Å². The Morgan fingerprint density at radius 3 is 2.21 bits per heavy atom. The minimum absolute atomic E-state index is 0.935. The summed E-state index contributed by atoms with van der Waals surface area (Å²) in [7, 11) is 0. The number of hydrogen-bond acceptors (Lipinski definition) is 0. The van der Waals surface area contributed by atoms with E-state index in [1.54, 1.807) is 0 Å². The third kappa shape index (κ3) is 3.63. The molecule has 0 N–H and O–H groups in total. The lowest BCUT2D eigenvalue weighted by atomic mass is 9.66. The molecule has 2 unspecified atom stereocenters. The highest BCUT2D eigenvalue weighted by molar-refractivity contribution is 4.82. The summed E-state index contributed by atoms with van der Waals surface area (Å²) in [5.41, 5.74) is 0. The van der Waals surface area contributed by atoms with Gasteiger partial charge in [-0.05, 0) is 30.6 Å². The number of rotatable bonds is 7. The summed E-state index contributed by atoms with van der Waals surface area (Å²) < 4.78 is 0. The van der Waals surface area contributed by atoms with Gasteiger partial charge in [-0.2, -0.15) is 0 Å². The first-order valence-electron chi connectivity index (χ1n) is 6.75. The molecule has 0 amide bonds. The third-order valence-corrected chi connectivity index (χ3v) is 4.01. The monoisotopic (exact) mass is 196 g/mol. The fourth-order valence-electron chi connectivity index (χ4n) is 2.84. The van der Waals surface area contributed by atoms with Crippen molar-refractivity contribution in [2.75, 3.05) is 0 Å². The van der Waals surface area contributed by atoms with Crippen molar-refractivity contribution in [3.8, 4) is 0 Å². The van der Waals surface area contributed by atoms with E-state index in [9.17, 15) is 0 Å². The van der Waals surface area contributed by atoms with Crippen LogP contribution in [0.25, 0.3) is 0 Å². The Bertz CT molecular complexity index is 137. The summed E-state index contributed by atoms with van der Waals surface area (Å²) in [6.07, 6.45) is 11.8. The van der Waals surface area contributed by atoms with Crippen molar-refractivity contribution < 1.29 is 0 Å². The maximum Gasteiger partial charge on any atom is -0.0363 e. The van der Waals surface area contributed by atoms with E-state index in [2.05, 4.69) is 20.8 Å². The second-order valence-electron chi connectivity index (χ2n) is 5.45. The van der Waals surface area contributed by atoms with E-state index >= 15 is 0 Å². The van der Waals surface area contributed by atoms with Gasteiger partial charge in [0.1, 0.15) is 0 Å². The standard InChI is InChI=1S/C14H28/c1-4-5-6-7-8-9-13-10-11-14(13)12(2)3/h12-14H,4-11H2,1-3H3. The maximum atomic E-state index is 2.40. The van der Waals surface area contributed by atoms with Crippen LogP contribution in [0.15, 0.2) is 0 Å². The fourth-order valence-corrected chi connectivity index (χ4v) is 2.84. The van der Waals surface area contributed by atoms with E-state index in [4.69, 9.17) is 0 Å². The molecular formula is C14H28. The summed E-state index contributed by atoms with van der Waals surface area (Å²) >= 11 is 0. The van der Waals surface area contributed by atoms with Gasteiger partial charge < -0.3 is 0 Å². The molecule has 0 aliphatic heterocycles. The molecule has 0 heteroatoms. The molecule has 0 heterocycles. The normalized spacial score (nSPS) is 26.6. The molecule has 0 aromatic rings. The average molecular weight is 196 g/mol. The van der Waals surface area contributed by atoms with Gasteiger partial charge in [-0.25, -0.2) is 0 Å². The van der Waals surface area contributed by atoms with Gasteiger partial charge in [-0.3, -0.25) is 0 Å². The summed E-state index contributed by atoms with van der Waals surface area (Å²) in [4.78, 5) is 0. The van der Waals surface area contributed by atoms with Gasteiger partial charge in [0.25, 0.3) is 0 Å². The second kappa shape index (κ2) is 6.48. The van der Waals surface area contributed by atoms with E-state index in [0.717, 1.165) is 17.8 Å². The van der Waals surface area contributed by atoms with Gasteiger partial charge in [0.15, 0.2) is 0 Å². The predicted molar refractivity (Wildman–Crippen MR) is 64.4 cm³/mol. The number of unbranched alkanes of at least 4 members (excludes halogenated alkanes) is 4. The van der Waals surface area contributed by atoms with Crippen LogP contribution in [0.4, 0.5) is 0 Å². The van der Waals surface area contributed by atoms with Gasteiger partial charge in [-0.1, -0.05) is 59.3 Å². The molecular weight excluding hydrogens is 168 g/mol. The molecule has 0 nitrogen and oxygen atoms in total. The van der Waals surface area contributed by atoms with Crippen LogP contribution in [-0.4, -0.2) is 0 Å². The van der Waals surface area contributed by atoms with E-state index in [0.29, 0.717) is 0 Å². The van der Waals surface area contributed by atoms with Crippen LogP contribution >= 0.6 is 0 Å². The molecule has 0 saturated heterocycles. The summed E-state index contributed by atoms with van der Waals surface area (Å²) in [5.74, 6) is 3.10. The topological polar surface area (TPSA) is 0 Å². The highest BCUT2D eigenvalue weighted by atomic mass is 14.4. The van der Waals surface area contributed by atoms with Crippen molar-refractivity contribution in [1.82, 2.24) is 0 Å². The van der Waals surface area contributed by atoms with Crippen LogP contribution in [0.1, 0.15) is 72.1 Å². The van der Waals surface area contributed by atoms with Crippen LogP contribution in [0.2, 0.25) is 0 Å². The van der Waals surface area contributed by atoms with Crippen molar-refractivity contribution in [2.24, 2.45) is 17.8 Å². The molecule has 0 aromatic carbocycles. The van der Waals surface area contributed by atoms with E-state index < -0.39 is 0 Å². The van der Waals surface area contributed by atoms with Gasteiger partial charge in [0, 0.05) is 0 Å². The quantitative estimate of drug-likeness (QED) is 0.501. The Kier molecular flexibility index (Phi) is 5.59. The second-order valence-corrected chi connectivity index (χ2v) is 5.45. The van der Waals surface area contributed by atoms with Crippen molar-refractivity contribution in [3.63, 3.8) is 0 Å². The first kappa shape index (κ1) is 12.1. The Labute approximate surface area is 90.5 Å². The van der Waals surface area contributed by atoms with E-state index in [1.165, 1.54) is 51.4 Å². The molecule has 14 heavy (non-hydrogen) atoms. The van der Waals surface area contributed by atoms with Gasteiger partial charge in [-0.15, -0.1) is 0 Å². The average Bonchev–Trinajstić information content (AvgIpc) is 2.08. The fraction of sp³-hybridized carbons (Fsp3) is 1.00. The predicted octanol–water partition coefficient (Wildman–Crippen LogP) is 5.03. The van der Waals surface area contributed by atoms with Crippen LogP contribution in [0.5, 0.6) is 0 Å². The molecule has 0 aromatic heterocycles. The van der Waals surface area contributed by atoms with Gasteiger partial charge in [0.05, 0.1) is 0 Å². The smallest absolute Gasteiger partial charge is 0.0363 e. The first-order valence-corrected chi connectivity index (χ1v) is 6.75. The first-order chi connectivity index (χ1) is 6.75. The molecule has 1 aliphatic rings. The summed E-state index contributed by atoms with van der Waals surface area (Å²) in [6.45, 7) is 7.09. The molecule has 0 bridgehead atoms. The molecule has 1 saturated carbocycles. The maximum absolute atomic E-state index is 2.40. The Hall–Kier alpha value is 0. The molecule has 84 valence electrons. The lowest BCUT2D eigenvalue weighted by molar-refractivity contribution is 0.110. The Balaban J connectivity index is 1.96. The Morgan fingerprint density at radius 1 is 1.00 bits per heavy atom. The van der Waals surface area contributed by atoms with Crippen LogP contribution < -0.4 is 0 Å².